The Morgan fingerprint density at radius 2 is 1.38 bits per heavy atom. The zero-order valence-electron chi connectivity index (χ0n) is 11.1. The van der Waals surface area contributed by atoms with Gasteiger partial charge in [0, 0.05) is 0 Å². The van der Waals surface area contributed by atoms with Gasteiger partial charge in [0.05, 0.1) is 26.3 Å². The third-order valence-corrected chi connectivity index (χ3v) is 4.41. The lowest BCUT2D eigenvalue weighted by Crippen LogP contribution is -3.11. The Morgan fingerprint density at radius 1 is 0.938 bits per heavy atom. The van der Waals surface area contributed by atoms with Crippen molar-refractivity contribution in [2.45, 2.75) is 40.5 Å². The topological polar surface area (TPSA) is 40.0 Å². The summed E-state index contributed by atoms with van der Waals surface area (Å²) in [6.45, 7) is 10.9. The van der Waals surface area contributed by atoms with E-state index in [0.717, 1.165) is 25.9 Å². The first-order valence-corrected chi connectivity index (χ1v) is 8.06. The maximum Gasteiger partial charge on any atom is 0.384 e. The van der Waals surface area contributed by atoms with E-state index in [-0.39, 0.29) is 0 Å². The van der Waals surface area contributed by atoms with Crippen molar-refractivity contribution in [3.05, 3.63) is 0 Å². The Hall–Kier alpha value is 0.110. The molecule has 0 unspecified atom stereocenters. The molecule has 0 spiro atoms. The van der Waals surface area contributed by atoms with Crippen molar-refractivity contribution >= 4 is 7.60 Å². The van der Waals surface area contributed by atoms with Crippen LogP contribution in [0.1, 0.15) is 40.5 Å². The van der Waals surface area contributed by atoms with Crippen LogP contribution in [0.25, 0.3) is 0 Å². The Balaban J connectivity index is 4.36. The molecule has 0 saturated heterocycles. The van der Waals surface area contributed by atoms with Crippen LogP contribution in [0.5, 0.6) is 0 Å². The lowest BCUT2D eigenvalue weighted by Gasteiger charge is -2.23. The molecule has 0 aliphatic heterocycles. The van der Waals surface area contributed by atoms with E-state index in [2.05, 4.69) is 13.8 Å². The molecule has 5 heteroatoms. The summed E-state index contributed by atoms with van der Waals surface area (Å²) < 4.78 is 22.9. The van der Waals surface area contributed by atoms with Crippen LogP contribution >= 0.6 is 7.60 Å². The smallest absolute Gasteiger partial charge is 0.325 e. The third-order valence-electron chi connectivity index (χ3n) is 2.28. The molecule has 0 aliphatic rings. The monoisotopic (exact) mass is 252 g/mol. The first-order valence-electron chi connectivity index (χ1n) is 6.33. The van der Waals surface area contributed by atoms with Crippen LogP contribution in [0.2, 0.25) is 0 Å². The van der Waals surface area contributed by atoms with E-state index in [0.29, 0.717) is 19.5 Å². The fourth-order valence-corrected chi connectivity index (χ4v) is 3.69. The minimum Gasteiger partial charge on any atom is -0.325 e. The van der Waals surface area contributed by atoms with E-state index in [1.807, 2.05) is 13.8 Å². The summed E-state index contributed by atoms with van der Waals surface area (Å²) >= 11 is 0. The van der Waals surface area contributed by atoms with Gasteiger partial charge in [-0.05, 0) is 26.7 Å². The Kier molecular flexibility index (Phi) is 9.24. The van der Waals surface area contributed by atoms with Crippen LogP contribution in [0.15, 0.2) is 0 Å². The molecule has 98 valence electrons. The van der Waals surface area contributed by atoms with E-state index >= 15 is 0 Å². The lowest BCUT2D eigenvalue weighted by atomic mass is 10.4. The summed E-state index contributed by atoms with van der Waals surface area (Å²) in [5.74, 6) is 0. The van der Waals surface area contributed by atoms with Crippen molar-refractivity contribution in [2.24, 2.45) is 0 Å². The normalized spacial score (nSPS) is 12.3. The Bertz CT molecular complexity index is 195. The van der Waals surface area contributed by atoms with Crippen molar-refractivity contribution in [1.29, 1.82) is 0 Å². The second-order valence-corrected chi connectivity index (χ2v) is 5.91. The van der Waals surface area contributed by atoms with Gasteiger partial charge in [-0.3, -0.25) is 4.57 Å². The minimum absolute atomic E-state index is 0.447. The van der Waals surface area contributed by atoms with Gasteiger partial charge < -0.3 is 13.9 Å². The molecule has 0 aromatic rings. The van der Waals surface area contributed by atoms with Gasteiger partial charge in [-0.1, -0.05) is 13.8 Å². The van der Waals surface area contributed by atoms with Gasteiger partial charge in [0.25, 0.3) is 0 Å². The predicted molar refractivity (Wildman–Crippen MR) is 67.0 cm³/mol. The largest absolute Gasteiger partial charge is 0.384 e. The van der Waals surface area contributed by atoms with Crippen molar-refractivity contribution in [2.75, 3.05) is 32.6 Å². The molecule has 0 saturated carbocycles. The van der Waals surface area contributed by atoms with Crippen molar-refractivity contribution in [3.8, 4) is 0 Å². The van der Waals surface area contributed by atoms with E-state index in [4.69, 9.17) is 9.05 Å². The number of hydrogen-bond donors (Lipinski definition) is 1. The molecule has 4 nitrogen and oxygen atoms in total. The van der Waals surface area contributed by atoms with Crippen LogP contribution < -0.4 is 4.90 Å². The zero-order valence-corrected chi connectivity index (χ0v) is 12.0. The first-order chi connectivity index (χ1) is 7.61. The van der Waals surface area contributed by atoms with E-state index in [1.54, 1.807) is 0 Å². The molecule has 0 aromatic heterocycles. The number of nitrogens with one attached hydrogen (secondary N) is 1. The standard InChI is InChI=1S/C11H26NO3P/c1-5-9-12(10-6-2)11-16(13,14-7-3)15-8-4/h5-11H2,1-4H3/p+1. The average Bonchev–Trinajstić information content (AvgIpc) is 2.18. The fraction of sp³-hybridized carbons (Fsp3) is 1.00. The summed E-state index contributed by atoms with van der Waals surface area (Å²) in [6.07, 6.45) is 2.68. The highest BCUT2D eigenvalue weighted by molar-refractivity contribution is 7.53. The van der Waals surface area contributed by atoms with Gasteiger partial charge in [0.1, 0.15) is 0 Å². The van der Waals surface area contributed by atoms with Gasteiger partial charge >= 0.3 is 7.60 Å². The zero-order chi connectivity index (χ0) is 12.4. The highest BCUT2D eigenvalue weighted by Gasteiger charge is 2.29. The summed E-state index contributed by atoms with van der Waals surface area (Å²) in [6, 6.07) is 0. The summed E-state index contributed by atoms with van der Waals surface area (Å²) in [5, 5.41) is 0. The molecule has 16 heavy (non-hydrogen) atoms. The highest BCUT2D eigenvalue weighted by Crippen LogP contribution is 2.45. The molecular weight excluding hydrogens is 225 g/mol. The second kappa shape index (κ2) is 9.17. The van der Waals surface area contributed by atoms with Crippen LogP contribution in [0.4, 0.5) is 0 Å². The molecule has 0 heterocycles. The number of rotatable bonds is 10. The average molecular weight is 252 g/mol. The van der Waals surface area contributed by atoms with E-state index in [9.17, 15) is 4.57 Å². The molecule has 0 rings (SSSR count). The van der Waals surface area contributed by atoms with Crippen molar-refractivity contribution in [1.82, 2.24) is 0 Å². The van der Waals surface area contributed by atoms with Crippen LogP contribution in [0.3, 0.4) is 0 Å². The van der Waals surface area contributed by atoms with Gasteiger partial charge in [-0.2, -0.15) is 0 Å². The Morgan fingerprint density at radius 3 is 1.69 bits per heavy atom. The fourth-order valence-electron chi connectivity index (χ4n) is 1.79. The maximum absolute atomic E-state index is 12.3. The van der Waals surface area contributed by atoms with Crippen molar-refractivity contribution in [3.63, 3.8) is 0 Å². The van der Waals surface area contributed by atoms with Gasteiger partial charge in [-0.15, -0.1) is 0 Å². The molecule has 1 N–H and O–H groups in total. The summed E-state index contributed by atoms with van der Waals surface area (Å²) in [5.41, 5.74) is 0. The van der Waals surface area contributed by atoms with Gasteiger partial charge in [0.15, 0.2) is 6.29 Å². The van der Waals surface area contributed by atoms with Crippen LogP contribution in [0, 0.1) is 0 Å². The summed E-state index contributed by atoms with van der Waals surface area (Å²) in [7, 11) is -2.87. The molecule has 0 amide bonds. The minimum atomic E-state index is -2.87. The molecular formula is C11H27NO3P+. The van der Waals surface area contributed by atoms with E-state index < -0.39 is 7.60 Å². The number of hydrogen-bond acceptors (Lipinski definition) is 3. The van der Waals surface area contributed by atoms with Gasteiger partial charge in [-0.25, -0.2) is 0 Å². The number of quaternary nitrogens is 1. The molecule has 0 fully saturated rings. The molecule has 0 aromatic carbocycles. The SMILES string of the molecule is CCC[NH+](CCC)CP(=O)(OCC)OCC. The van der Waals surface area contributed by atoms with Crippen molar-refractivity contribution < 1.29 is 18.5 Å². The highest BCUT2D eigenvalue weighted by atomic mass is 31.2. The third kappa shape index (κ3) is 6.64. The predicted octanol–water partition coefficient (Wildman–Crippen LogP) is 1.91. The molecule has 0 aliphatic carbocycles. The molecule has 0 atom stereocenters. The lowest BCUT2D eigenvalue weighted by molar-refractivity contribution is -0.889. The van der Waals surface area contributed by atoms with Crippen LogP contribution in [-0.4, -0.2) is 32.6 Å². The van der Waals surface area contributed by atoms with E-state index in [1.165, 1.54) is 4.90 Å². The second-order valence-electron chi connectivity index (χ2n) is 3.85. The summed E-state index contributed by atoms with van der Waals surface area (Å²) in [4.78, 5) is 1.32. The first kappa shape index (κ1) is 16.1. The molecule has 0 radical (unpaired) electrons. The quantitative estimate of drug-likeness (QED) is 0.604. The Labute approximate surface area is 99.8 Å². The molecule has 0 bridgehead atoms. The van der Waals surface area contributed by atoms with Crippen LogP contribution in [-0.2, 0) is 13.6 Å². The van der Waals surface area contributed by atoms with Gasteiger partial charge in [0.2, 0.25) is 0 Å². The maximum atomic E-state index is 12.3.